The molecule has 2 aromatic heterocycles. The molecule has 3 N–H and O–H groups in total. The molecule has 0 aliphatic heterocycles. The van der Waals surface area contributed by atoms with Crippen LogP contribution in [-0.4, -0.2) is 19.7 Å². The van der Waals surface area contributed by atoms with Crippen LogP contribution in [0, 0.1) is 0 Å². The van der Waals surface area contributed by atoms with Crippen molar-refractivity contribution < 1.29 is 0 Å². The maximum absolute atomic E-state index is 5.45. The first-order valence-electron chi connectivity index (χ1n) is 4.07. The quantitative estimate of drug-likeness (QED) is 0.722. The van der Waals surface area contributed by atoms with Crippen molar-refractivity contribution in [3.8, 4) is 0 Å². The molecule has 6 heteroatoms. The van der Waals surface area contributed by atoms with Gasteiger partial charge in [-0.15, -0.1) is 0 Å². The fraction of sp³-hybridized carbons (Fsp3) is 0.125. The largest absolute Gasteiger partial charge is 0.396 e. The predicted molar refractivity (Wildman–Crippen MR) is 52.9 cm³/mol. The highest BCUT2D eigenvalue weighted by Gasteiger charge is 1.98. The maximum Gasteiger partial charge on any atom is 0.227 e. The molecule has 0 saturated carbocycles. The lowest BCUT2D eigenvalue weighted by molar-refractivity contribution is 0.768. The highest BCUT2D eigenvalue weighted by Crippen LogP contribution is 2.10. The molecule has 0 atom stereocenters. The molecule has 0 radical (unpaired) electrons. The molecule has 0 fully saturated rings. The van der Waals surface area contributed by atoms with Gasteiger partial charge in [-0.3, -0.25) is 4.68 Å². The molecule has 0 amide bonds. The molecule has 0 aliphatic carbocycles. The van der Waals surface area contributed by atoms with E-state index in [4.69, 9.17) is 5.73 Å². The molecule has 14 heavy (non-hydrogen) atoms. The number of rotatable bonds is 2. The van der Waals surface area contributed by atoms with Crippen molar-refractivity contribution in [3.05, 3.63) is 24.8 Å². The van der Waals surface area contributed by atoms with Gasteiger partial charge in [0.2, 0.25) is 5.95 Å². The Kier molecular flexibility index (Phi) is 2.02. The van der Waals surface area contributed by atoms with Gasteiger partial charge in [-0.25, -0.2) is 9.97 Å². The Bertz CT molecular complexity index is 418. The summed E-state index contributed by atoms with van der Waals surface area (Å²) in [6.07, 6.45) is 6.62. The number of nitrogens with two attached hydrogens (primary N) is 1. The summed E-state index contributed by atoms with van der Waals surface area (Å²) in [5.74, 6) is 0.507. The van der Waals surface area contributed by atoms with E-state index in [0.717, 1.165) is 5.69 Å². The zero-order valence-corrected chi connectivity index (χ0v) is 7.68. The number of aryl methyl sites for hydroxylation is 1. The van der Waals surface area contributed by atoms with E-state index >= 15 is 0 Å². The van der Waals surface area contributed by atoms with Crippen LogP contribution in [0.2, 0.25) is 0 Å². The number of nitrogens with one attached hydrogen (secondary N) is 1. The van der Waals surface area contributed by atoms with Gasteiger partial charge in [-0.05, 0) is 0 Å². The van der Waals surface area contributed by atoms with Crippen LogP contribution in [-0.2, 0) is 7.05 Å². The number of hydrogen-bond donors (Lipinski definition) is 2. The second-order valence-electron chi connectivity index (χ2n) is 2.87. The standard InChI is InChI=1S/C8H10N6/c1-14-5-7(4-12-14)13-8-10-2-6(9)3-11-8/h2-5H,9H2,1H3,(H,10,11,13). The number of nitrogens with zero attached hydrogens (tertiary/aromatic N) is 4. The molecule has 2 heterocycles. The van der Waals surface area contributed by atoms with E-state index in [2.05, 4.69) is 20.4 Å². The molecular formula is C8H10N6. The van der Waals surface area contributed by atoms with Crippen LogP contribution in [0.1, 0.15) is 0 Å². The molecule has 72 valence electrons. The van der Waals surface area contributed by atoms with Gasteiger partial charge in [-0.2, -0.15) is 5.10 Å². The highest BCUT2D eigenvalue weighted by molar-refractivity contribution is 5.51. The summed E-state index contributed by atoms with van der Waals surface area (Å²) in [7, 11) is 1.84. The Morgan fingerprint density at radius 3 is 2.57 bits per heavy atom. The van der Waals surface area contributed by atoms with E-state index < -0.39 is 0 Å². The molecule has 0 saturated heterocycles. The second-order valence-corrected chi connectivity index (χ2v) is 2.87. The molecule has 2 rings (SSSR count). The fourth-order valence-electron chi connectivity index (χ4n) is 1.02. The van der Waals surface area contributed by atoms with Crippen molar-refractivity contribution >= 4 is 17.3 Å². The fourth-order valence-corrected chi connectivity index (χ4v) is 1.02. The van der Waals surface area contributed by atoms with Crippen LogP contribution in [0.3, 0.4) is 0 Å². The van der Waals surface area contributed by atoms with Gasteiger partial charge in [0, 0.05) is 13.2 Å². The SMILES string of the molecule is Cn1cc(Nc2ncc(N)cn2)cn1. The number of hydrogen-bond acceptors (Lipinski definition) is 5. The van der Waals surface area contributed by atoms with Crippen molar-refractivity contribution in [1.82, 2.24) is 19.7 Å². The number of aromatic nitrogens is 4. The van der Waals surface area contributed by atoms with Crippen LogP contribution in [0.15, 0.2) is 24.8 Å². The van der Waals surface area contributed by atoms with E-state index in [9.17, 15) is 0 Å². The lowest BCUT2D eigenvalue weighted by atomic mass is 10.5. The maximum atomic E-state index is 5.45. The predicted octanol–water partition coefficient (Wildman–Crippen LogP) is 0.536. The number of nitrogen functional groups attached to an aromatic ring is 1. The van der Waals surface area contributed by atoms with Gasteiger partial charge in [0.05, 0.1) is 30.0 Å². The Balaban J connectivity index is 2.15. The normalized spacial score (nSPS) is 10.1. The van der Waals surface area contributed by atoms with Gasteiger partial charge in [0.25, 0.3) is 0 Å². The molecule has 0 aliphatic rings. The lowest BCUT2D eigenvalue weighted by Gasteiger charge is -2.00. The first-order valence-corrected chi connectivity index (χ1v) is 4.07. The summed E-state index contributed by atoms with van der Waals surface area (Å²) >= 11 is 0. The molecule has 0 unspecified atom stereocenters. The van der Waals surface area contributed by atoms with E-state index in [1.807, 2.05) is 13.2 Å². The molecule has 0 spiro atoms. The Morgan fingerprint density at radius 1 is 1.29 bits per heavy atom. The van der Waals surface area contributed by atoms with E-state index in [1.54, 1.807) is 23.3 Å². The van der Waals surface area contributed by atoms with Gasteiger partial charge in [0.15, 0.2) is 0 Å². The smallest absolute Gasteiger partial charge is 0.227 e. The topological polar surface area (TPSA) is 81.7 Å². The highest BCUT2D eigenvalue weighted by atomic mass is 15.3. The number of anilines is 3. The third kappa shape index (κ3) is 1.79. The average Bonchev–Trinajstić information content (AvgIpc) is 2.56. The van der Waals surface area contributed by atoms with Crippen molar-refractivity contribution in [2.45, 2.75) is 0 Å². The molecule has 0 bridgehead atoms. The first kappa shape index (κ1) is 8.49. The first-order chi connectivity index (χ1) is 6.74. The molecule has 0 aromatic carbocycles. The minimum atomic E-state index is 0.507. The summed E-state index contributed by atoms with van der Waals surface area (Å²) in [4.78, 5) is 8.00. The van der Waals surface area contributed by atoms with Crippen LogP contribution in [0.4, 0.5) is 17.3 Å². The monoisotopic (exact) mass is 190 g/mol. The lowest BCUT2D eigenvalue weighted by Crippen LogP contribution is -1.97. The average molecular weight is 190 g/mol. The van der Waals surface area contributed by atoms with Crippen molar-refractivity contribution in [3.63, 3.8) is 0 Å². The third-order valence-electron chi connectivity index (χ3n) is 1.63. The summed E-state index contributed by atoms with van der Waals surface area (Å²) in [5.41, 5.74) is 6.84. The van der Waals surface area contributed by atoms with E-state index in [1.165, 1.54) is 0 Å². The van der Waals surface area contributed by atoms with Gasteiger partial charge in [-0.1, -0.05) is 0 Å². The van der Waals surface area contributed by atoms with Crippen LogP contribution in [0.25, 0.3) is 0 Å². The minimum Gasteiger partial charge on any atom is -0.396 e. The van der Waals surface area contributed by atoms with Gasteiger partial charge < -0.3 is 11.1 Å². The Labute approximate surface area is 80.8 Å². The Morgan fingerprint density at radius 2 is 2.00 bits per heavy atom. The molecule has 6 nitrogen and oxygen atoms in total. The van der Waals surface area contributed by atoms with Crippen LogP contribution >= 0.6 is 0 Å². The van der Waals surface area contributed by atoms with Gasteiger partial charge >= 0.3 is 0 Å². The van der Waals surface area contributed by atoms with Crippen molar-refractivity contribution in [1.29, 1.82) is 0 Å². The minimum absolute atomic E-state index is 0.507. The summed E-state index contributed by atoms with van der Waals surface area (Å²) in [5, 5.41) is 7.00. The van der Waals surface area contributed by atoms with E-state index in [0.29, 0.717) is 11.6 Å². The van der Waals surface area contributed by atoms with Crippen molar-refractivity contribution in [2.75, 3.05) is 11.1 Å². The molecular weight excluding hydrogens is 180 g/mol. The van der Waals surface area contributed by atoms with Crippen LogP contribution < -0.4 is 11.1 Å². The van der Waals surface area contributed by atoms with Gasteiger partial charge in [0.1, 0.15) is 0 Å². The summed E-state index contributed by atoms with van der Waals surface area (Å²) < 4.78 is 1.69. The van der Waals surface area contributed by atoms with Crippen molar-refractivity contribution in [2.24, 2.45) is 7.05 Å². The summed E-state index contributed by atoms with van der Waals surface area (Å²) in [6.45, 7) is 0. The van der Waals surface area contributed by atoms with E-state index in [-0.39, 0.29) is 0 Å². The second kappa shape index (κ2) is 3.33. The molecule has 2 aromatic rings. The zero-order chi connectivity index (χ0) is 9.97. The summed E-state index contributed by atoms with van der Waals surface area (Å²) in [6, 6.07) is 0. The zero-order valence-electron chi connectivity index (χ0n) is 7.68. The van der Waals surface area contributed by atoms with Crippen LogP contribution in [0.5, 0.6) is 0 Å². The third-order valence-corrected chi connectivity index (χ3v) is 1.63. The Hall–Kier alpha value is -2.11.